The number of nitrogens with one attached hydrogen (secondary N) is 1. The lowest BCUT2D eigenvalue weighted by molar-refractivity contribution is 0.0151. The molecule has 4 rings (SSSR count). The number of hydrogen-bond donors (Lipinski definition) is 3. The summed E-state index contributed by atoms with van der Waals surface area (Å²) in [7, 11) is -3.70. The van der Waals surface area contributed by atoms with Gasteiger partial charge in [0.2, 0.25) is 10.0 Å². The molecule has 162 valence electrons. The number of nitrogens with two attached hydrogens (primary N) is 1. The minimum absolute atomic E-state index is 0.0739. The van der Waals surface area contributed by atoms with Crippen LogP contribution in [-0.2, 0) is 10.0 Å². The molecule has 4 N–H and O–H groups in total. The first kappa shape index (κ1) is 21.5. The van der Waals surface area contributed by atoms with Crippen LogP contribution in [0.5, 0.6) is 0 Å². The van der Waals surface area contributed by atoms with Crippen molar-refractivity contribution < 1.29 is 13.5 Å². The molecule has 5 atom stereocenters. The largest absolute Gasteiger partial charge is 0.392 e. The first-order valence-electron chi connectivity index (χ1n) is 10.7. The summed E-state index contributed by atoms with van der Waals surface area (Å²) in [4.78, 5) is 0. The molecule has 0 amide bonds. The van der Waals surface area contributed by atoms with Gasteiger partial charge in [-0.2, -0.15) is 0 Å². The Kier molecular flexibility index (Phi) is 5.56. The molecule has 0 aromatic heterocycles. The van der Waals surface area contributed by atoms with Gasteiger partial charge in [-0.25, -0.2) is 13.1 Å². The van der Waals surface area contributed by atoms with E-state index in [0.717, 1.165) is 24.0 Å². The summed E-state index contributed by atoms with van der Waals surface area (Å²) in [5.41, 5.74) is 7.45. The van der Waals surface area contributed by atoms with Crippen molar-refractivity contribution in [1.29, 1.82) is 0 Å². The predicted octanol–water partition coefficient (Wildman–Crippen LogP) is 3.53. The Morgan fingerprint density at radius 1 is 1.07 bits per heavy atom. The van der Waals surface area contributed by atoms with Crippen LogP contribution in [0.4, 0.5) is 0 Å². The van der Waals surface area contributed by atoms with Crippen LogP contribution in [0.1, 0.15) is 56.3 Å². The molecule has 0 spiro atoms. The van der Waals surface area contributed by atoms with E-state index in [-0.39, 0.29) is 11.2 Å². The lowest BCUT2D eigenvalue weighted by Gasteiger charge is -2.40. The van der Waals surface area contributed by atoms with Gasteiger partial charge in [-0.05, 0) is 41.7 Å². The molecule has 2 saturated carbocycles. The molecule has 2 aliphatic rings. The van der Waals surface area contributed by atoms with Crippen molar-refractivity contribution >= 4 is 10.0 Å². The normalized spacial score (nSPS) is 29.6. The number of hydrogen-bond acceptors (Lipinski definition) is 4. The molecule has 1 unspecified atom stereocenters. The van der Waals surface area contributed by atoms with Gasteiger partial charge >= 0.3 is 0 Å². The van der Waals surface area contributed by atoms with Gasteiger partial charge in [0, 0.05) is 5.41 Å². The number of fused-ring (bicyclic) bond motifs is 2. The molecule has 6 heteroatoms. The average molecular weight is 429 g/mol. The topological polar surface area (TPSA) is 92.4 Å². The van der Waals surface area contributed by atoms with Crippen molar-refractivity contribution in [3.05, 3.63) is 71.8 Å². The Hall–Kier alpha value is -1.73. The fourth-order valence-electron chi connectivity index (χ4n) is 5.83. The minimum atomic E-state index is -3.70. The molecule has 2 fully saturated rings. The van der Waals surface area contributed by atoms with Crippen molar-refractivity contribution in [2.24, 2.45) is 22.5 Å². The predicted molar refractivity (Wildman–Crippen MR) is 119 cm³/mol. The molecular formula is C24H32N2O3S. The molecular weight excluding hydrogens is 396 g/mol. The summed E-state index contributed by atoms with van der Waals surface area (Å²) in [5.74, 6) is 0.300. The summed E-state index contributed by atoms with van der Waals surface area (Å²) < 4.78 is 29.8. The van der Waals surface area contributed by atoms with Crippen LogP contribution in [-0.4, -0.2) is 25.4 Å². The quantitative estimate of drug-likeness (QED) is 0.629. The van der Waals surface area contributed by atoms with E-state index in [4.69, 9.17) is 5.73 Å². The van der Waals surface area contributed by atoms with E-state index >= 15 is 0 Å². The SMILES string of the molecule is CC1(C)C2CC[C@@]1(CS(=O)(=O)N[C@@H](c1ccccc1)[C@@H](N)c1ccccc1)[C@H](O)C2. The van der Waals surface area contributed by atoms with Crippen LogP contribution in [0.15, 0.2) is 60.7 Å². The van der Waals surface area contributed by atoms with Crippen molar-refractivity contribution in [1.82, 2.24) is 4.72 Å². The lowest BCUT2D eigenvalue weighted by Crippen LogP contribution is -2.48. The van der Waals surface area contributed by atoms with Gasteiger partial charge in [-0.3, -0.25) is 0 Å². The summed E-state index contributed by atoms with van der Waals surface area (Å²) >= 11 is 0. The Balaban J connectivity index is 1.64. The molecule has 2 bridgehead atoms. The zero-order valence-corrected chi connectivity index (χ0v) is 18.5. The third-order valence-corrected chi connectivity index (χ3v) is 9.35. The number of benzene rings is 2. The van der Waals surface area contributed by atoms with E-state index in [2.05, 4.69) is 18.6 Å². The molecule has 30 heavy (non-hydrogen) atoms. The second-order valence-electron chi connectivity index (χ2n) is 9.57. The van der Waals surface area contributed by atoms with Crippen molar-refractivity contribution in [2.75, 3.05) is 5.75 Å². The average Bonchev–Trinajstić information content (AvgIpc) is 3.07. The van der Waals surface area contributed by atoms with Crippen LogP contribution in [0.3, 0.4) is 0 Å². The van der Waals surface area contributed by atoms with Gasteiger partial charge in [0.1, 0.15) is 0 Å². The Bertz CT molecular complexity index is 978. The third kappa shape index (κ3) is 3.60. The molecule has 2 aliphatic carbocycles. The van der Waals surface area contributed by atoms with E-state index in [1.807, 2.05) is 60.7 Å². The van der Waals surface area contributed by atoms with Crippen LogP contribution in [0, 0.1) is 16.7 Å². The van der Waals surface area contributed by atoms with Crippen molar-refractivity contribution in [2.45, 2.75) is 51.3 Å². The highest BCUT2D eigenvalue weighted by atomic mass is 32.2. The summed E-state index contributed by atoms with van der Waals surface area (Å²) in [5, 5.41) is 10.8. The maximum atomic E-state index is 13.4. The summed E-state index contributed by atoms with van der Waals surface area (Å²) in [6, 6.07) is 17.9. The Labute approximate surface area is 179 Å². The van der Waals surface area contributed by atoms with Gasteiger partial charge in [0.05, 0.1) is 23.9 Å². The fraction of sp³-hybridized carbons (Fsp3) is 0.500. The van der Waals surface area contributed by atoms with Crippen LogP contribution in [0.2, 0.25) is 0 Å². The van der Waals surface area contributed by atoms with Crippen molar-refractivity contribution in [3.63, 3.8) is 0 Å². The number of aliphatic hydroxyl groups excluding tert-OH is 1. The van der Waals surface area contributed by atoms with Gasteiger partial charge < -0.3 is 10.8 Å². The van der Waals surface area contributed by atoms with Gasteiger partial charge in [0.15, 0.2) is 0 Å². The molecule has 2 aromatic rings. The first-order chi connectivity index (χ1) is 14.2. The number of sulfonamides is 1. The van der Waals surface area contributed by atoms with Gasteiger partial charge in [-0.15, -0.1) is 0 Å². The zero-order valence-electron chi connectivity index (χ0n) is 17.7. The Morgan fingerprint density at radius 2 is 1.63 bits per heavy atom. The van der Waals surface area contributed by atoms with Gasteiger partial charge in [0.25, 0.3) is 0 Å². The van der Waals surface area contributed by atoms with E-state index in [1.54, 1.807) is 0 Å². The highest BCUT2D eigenvalue weighted by molar-refractivity contribution is 7.89. The molecule has 0 heterocycles. The molecule has 2 aromatic carbocycles. The molecule has 0 aliphatic heterocycles. The standard InChI is InChI=1S/C24H32N2O3S/c1-23(2)19-13-14-24(23,20(27)15-19)16-30(28,29)26-22(18-11-7-4-8-12-18)21(25)17-9-5-3-6-10-17/h3-12,19-22,26-27H,13-16,25H2,1-2H3/t19?,20-,21+,22+,24-/m1/s1. The molecule has 5 nitrogen and oxygen atoms in total. The second-order valence-corrected chi connectivity index (χ2v) is 11.3. The first-order valence-corrected chi connectivity index (χ1v) is 12.3. The monoisotopic (exact) mass is 428 g/mol. The number of aliphatic hydroxyl groups is 1. The summed E-state index contributed by atoms with van der Waals surface area (Å²) in [6.07, 6.45) is 1.83. The van der Waals surface area contributed by atoms with E-state index in [9.17, 15) is 13.5 Å². The summed E-state index contributed by atoms with van der Waals surface area (Å²) in [6.45, 7) is 4.22. The van der Waals surface area contributed by atoms with E-state index in [0.29, 0.717) is 12.3 Å². The van der Waals surface area contributed by atoms with Crippen molar-refractivity contribution in [3.8, 4) is 0 Å². The highest BCUT2D eigenvalue weighted by Crippen LogP contribution is 2.66. The third-order valence-electron chi connectivity index (χ3n) is 7.84. The second kappa shape index (κ2) is 7.75. The fourth-order valence-corrected chi connectivity index (χ4v) is 7.97. The zero-order chi connectivity index (χ0) is 21.6. The maximum Gasteiger partial charge on any atom is 0.212 e. The van der Waals surface area contributed by atoms with E-state index < -0.39 is 33.6 Å². The minimum Gasteiger partial charge on any atom is -0.392 e. The Morgan fingerprint density at radius 3 is 2.13 bits per heavy atom. The lowest BCUT2D eigenvalue weighted by atomic mass is 9.70. The van der Waals surface area contributed by atoms with Crippen LogP contribution < -0.4 is 10.5 Å². The van der Waals surface area contributed by atoms with E-state index in [1.165, 1.54) is 0 Å². The van der Waals surface area contributed by atoms with Crippen LogP contribution in [0.25, 0.3) is 0 Å². The molecule has 0 radical (unpaired) electrons. The molecule has 0 saturated heterocycles. The smallest absolute Gasteiger partial charge is 0.212 e. The maximum absolute atomic E-state index is 13.4. The van der Waals surface area contributed by atoms with Crippen LogP contribution >= 0.6 is 0 Å². The number of rotatable bonds is 7. The highest BCUT2D eigenvalue weighted by Gasteiger charge is 2.65. The van der Waals surface area contributed by atoms with Gasteiger partial charge in [-0.1, -0.05) is 74.5 Å².